The Balaban J connectivity index is 1.64. The summed E-state index contributed by atoms with van der Waals surface area (Å²) >= 11 is 0. The van der Waals surface area contributed by atoms with E-state index in [-0.39, 0.29) is 22.3 Å². The summed E-state index contributed by atoms with van der Waals surface area (Å²) < 4.78 is 0. The second-order valence-corrected chi connectivity index (χ2v) is 13.0. The molecule has 0 amide bonds. The van der Waals surface area contributed by atoms with E-state index < -0.39 is 5.97 Å². The molecule has 0 aromatic carbocycles. The van der Waals surface area contributed by atoms with Crippen molar-refractivity contribution in [1.82, 2.24) is 0 Å². The Bertz CT molecular complexity index is 906. The first kappa shape index (κ1) is 24.8. The zero-order valence-electron chi connectivity index (χ0n) is 22.0. The smallest absolute Gasteiger partial charge is 0.330 e. The summed E-state index contributed by atoms with van der Waals surface area (Å²) in [6, 6.07) is 0. The molecule has 4 aliphatic rings. The van der Waals surface area contributed by atoms with Crippen LogP contribution in [-0.4, -0.2) is 22.3 Å². The molecule has 0 spiro atoms. The lowest BCUT2D eigenvalue weighted by molar-refractivity contribution is -0.132. The molecular weight excluding hydrogens is 408 g/mol. The maximum atomic E-state index is 11.1. The molecule has 3 nitrogen and oxygen atoms in total. The zero-order chi connectivity index (χ0) is 24.3. The van der Waals surface area contributed by atoms with Crippen molar-refractivity contribution in [1.29, 1.82) is 0 Å². The summed E-state index contributed by atoms with van der Waals surface area (Å²) in [5.41, 5.74) is 6.00. The lowest BCUT2D eigenvalue weighted by atomic mass is 9.43. The second-order valence-electron chi connectivity index (χ2n) is 13.0. The van der Waals surface area contributed by atoms with Gasteiger partial charge in [0.25, 0.3) is 0 Å². The molecule has 0 heterocycles. The van der Waals surface area contributed by atoms with Gasteiger partial charge in [0.1, 0.15) is 0 Å². The summed E-state index contributed by atoms with van der Waals surface area (Å²) in [5, 5.41) is 19.9. The van der Waals surface area contributed by atoms with Crippen molar-refractivity contribution in [2.24, 2.45) is 39.9 Å². The van der Waals surface area contributed by atoms with E-state index in [1.807, 2.05) is 6.08 Å². The van der Waals surface area contributed by atoms with Crippen molar-refractivity contribution >= 4 is 5.97 Å². The molecule has 33 heavy (non-hydrogen) atoms. The predicted octanol–water partition coefficient (Wildman–Crippen LogP) is 7.32. The van der Waals surface area contributed by atoms with Crippen LogP contribution in [-0.2, 0) is 4.79 Å². The fourth-order valence-electron chi connectivity index (χ4n) is 8.78. The van der Waals surface area contributed by atoms with Gasteiger partial charge in [0.05, 0.1) is 6.10 Å². The third-order valence-corrected chi connectivity index (χ3v) is 10.8. The van der Waals surface area contributed by atoms with Gasteiger partial charge in [0, 0.05) is 11.0 Å². The molecule has 3 heteroatoms. The predicted molar refractivity (Wildman–Crippen MR) is 135 cm³/mol. The van der Waals surface area contributed by atoms with E-state index in [1.165, 1.54) is 19.3 Å². The molecule has 0 aromatic heterocycles. The van der Waals surface area contributed by atoms with E-state index in [2.05, 4.69) is 47.6 Å². The number of carboxylic acids is 1. The number of fused-ring (bicyclic) bond motifs is 5. The Kier molecular flexibility index (Phi) is 6.30. The van der Waals surface area contributed by atoms with E-state index in [0.717, 1.165) is 32.1 Å². The highest BCUT2D eigenvalue weighted by molar-refractivity contribution is 5.85. The monoisotopic (exact) mass is 454 g/mol. The lowest BCUT2D eigenvalue weighted by Gasteiger charge is -2.62. The molecule has 2 fully saturated rings. The van der Waals surface area contributed by atoms with E-state index in [1.54, 1.807) is 23.6 Å². The van der Waals surface area contributed by atoms with Gasteiger partial charge < -0.3 is 10.2 Å². The standard InChI is InChI=1S/C30H46O3/c1-18(9-8-10-19(2)27(32)33)21-13-15-30(7)22-11-12-24-28(4,5)25(31)14-16-29(24,6)23(22)17-20(3)26(21)30/h10-11,18,20,23-25,31H,8-9,12-17H2,1-7H3,(H,32,33). The molecule has 7 atom stereocenters. The highest BCUT2D eigenvalue weighted by Gasteiger charge is 2.60. The van der Waals surface area contributed by atoms with Crippen LogP contribution < -0.4 is 0 Å². The Morgan fingerprint density at radius 3 is 2.61 bits per heavy atom. The molecule has 4 rings (SSSR count). The van der Waals surface area contributed by atoms with Crippen LogP contribution in [0.1, 0.15) is 99.8 Å². The summed E-state index contributed by atoms with van der Waals surface area (Å²) in [4.78, 5) is 11.1. The number of rotatable bonds is 5. The molecule has 2 saturated carbocycles. The Labute approximate surface area is 201 Å². The van der Waals surface area contributed by atoms with Crippen molar-refractivity contribution in [2.45, 2.75) is 106 Å². The first-order chi connectivity index (χ1) is 15.3. The van der Waals surface area contributed by atoms with Crippen molar-refractivity contribution in [3.63, 3.8) is 0 Å². The number of allylic oxidation sites excluding steroid dienone is 5. The highest BCUT2D eigenvalue weighted by Crippen LogP contribution is 2.69. The topological polar surface area (TPSA) is 57.5 Å². The molecule has 0 aliphatic heterocycles. The average molecular weight is 455 g/mol. The quantitative estimate of drug-likeness (QED) is 0.338. The number of aliphatic hydroxyl groups excluding tert-OH is 1. The van der Waals surface area contributed by atoms with E-state index in [4.69, 9.17) is 5.11 Å². The Morgan fingerprint density at radius 1 is 1.24 bits per heavy atom. The first-order valence-corrected chi connectivity index (χ1v) is 13.4. The van der Waals surface area contributed by atoms with Gasteiger partial charge in [-0.2, -0.15) is 0 Å². The van der Waals surface area contributed by atoms with Crippen LogP contribution in [0.2, 0.25) is 0 Å². The van der Waals surface area contributed by atoms with Crippen LogP contribution in [0.25, 0.3) is 0 Å². The Morgan fingerprint density at radius 2 is 1.94 bits per heavy atom. The molecule has 2 N–H and O–H groups in total. The molecular formula is C30H46O3. The van der Waals surface area contributed by atoms with Gasteiger partial charge in [0.15, 0.2) is 0 Å². The van der Waals surface area contributed by atoms with Crippen LogP contribution in [0.3, 0.4) is 0 Å². The van der Waals surface area contributed by atoms with Crippen LogP contribution in [0.5, 0.6) is 0 Å². The Hall–Kier alpha value is -1.35. The fourth-order valence-corrected chi connectivity index (χ4v) is 8.78. The van der Waals surface area contributed by atoms with Gasteiger partial charge in [-0.05, 0) is 92.8 Å². The molecule has 0 aromatic rings. The SMILES string of the molecule is CC(=CCCC(C)C1=C2C(C)CC3C(=CCC4C(C)(C)C(O)CCC34C)C2(C)CC1)C(=O)O. The molecule has 0 saturated heterocycles. The number of carbonyl (C=O) groups is 1. The maximum Gasteiger partial charge on any atom is 0.330 e. The average Bonchev–Trinajstić information content (AvgIpc) is 3.11. The van der Waals surface area contributed by atoms with Crippen LogP contribution in [0.4, 0.5) is 0 Å². The third-order valence-electron chi connectivity index (χ3n) is 10.8. The number of aliphatic carboxylic acids is 1. The minimum absolute atomic E-state index is 0.0216. The van der Waals surface area contributed by atoms with Crippen LogP contribution in [0.15, 0.2) is 34.4 Å². The minimum atomic E-state index is -0.806. The van der Waals surface area contributed by atoms with Gasteiger partial charge in [0.2, 0.25) is 0 Å². The summed E-state index contributed by atoms with van der Waals surface area (Å²) in [5.74, 6) is 1.48. The van der Waals surface area contributed by atoms with Crippen LogP contribution >= 0.6 is 0 Å². The van der Waals surface area contributed by atoms with Crippen LogP contribution in [0, 0.1) is 39.9 Å². The molecule has 0 bridgehead atoms. The number of hydrogen-bond acceptors (Lipinski definition) is 2. The highest BCUT2D eigenvalue weighted by atomic mass is 16.4. The summed E-state index contributed by atoms with van der Waals surface area (Å²) in [6.07, 6.45) is 13.0. The maximum absolute atomic E-state index is 11.1. The van der Waals surface area contributed by atoms with Crippen molar-refractivity contribution in [2.75, 3.05) is 0 Å². The van der Waals surface area contributed by atoms with Crippen molar-refractivity contribution in [3.8, 4) is 0 Å². The second kappa shape index (κ2) is 8.40. The molecule has 7 unspecified atom stereocenters. The van der Waals surface area contributed by atoms with Crippen molar-refractivity contribution in [3.05, 3.63) is 34.4 Å². The molecule has 184 valence electrons. The lowest BCUT2D eigenvalue weighted by Crippen LogP contribution is -2.56. The number of hydrogen-bond donors (Lipinski definition) is 2. The molecule has 4 aliphatic carbocycles. The zero-order valence-corrected chi connectivity index (χ0v) is 22.0. The third kappa shape index (κ3) is 3.77. The van der Waals surface area contributed by atoms with E-state index in [0.29, 0.717) is 29.2 Å². The minimum Gasteiger partial charge on any atom is -0.478 e. The van der Waals surface area contributed by atoms with E-state index >= 15 is 0 Å². The largest absolute Gasteiger partial charge is 0.478 e. The van der Waals surface area contributed by atoms with Crippen molar-refractivity contribution < 1.29 is 15.0 Å². The summed E-state index contributed by atoms with van der Waals surface area (Å²) in [7, 11) is 0. The van der Waals surface area contributed by atoms with Gasteiger partial charge in [-0.15, -0.1) is 0 Å². The summed E-state index contributed by atoms with van der Waals surface area (Å²) in [6.45, 7) is 16.2. The normalized spacial score (nSPS) is 41.1. The van der Waals surface area contributed by atoms with Gasteiger partial charge in [-0.3, -0.25) is 0 Å². The van der Waals surface area contributed by atoms with Gasteiger partial charge in [-0.25, -0.2) is 4.79 Å². The fraction of sp³-hybridized carbons (Fsp3) is 0.767. The first-order valence-electron chi connectivity index (χ1n) is 13.4. The number of aliphatic hydroxyl groups is 1. The molecule has 0 radical (unpaired) electrons. The van der Waals surface area contributed by atoms with Gasteiger partial charge in [-0.1, -0.05) is 70.4 Å². The van der Waals surface area contributed by atoms with E-state index in [9.17, 15) is 9.90 Å². The van der Waals surface area contributed by atoms with Gasteiger partial charge >= 0.3 is 5.97 Å². The number of carboxylic acid groups (broad SMARTS) is 1.